The fourth-order valence-corrected chi connectivity index (χ4v) is 2.16. The zero-order valence-electron chi connectivity index (χ0n) is 11.2. The van der Waals surface area contributed by atoms with Gasteiger partial charge in [-0.3, -0.25) is 9.59 Å². The Morgan fingerprint density at radius 1 is 1.50 bits per heavy atom. The third-order valence-electron chi connectivity index (χ3n) is 3.45. The van der Waals surface area contributed by atoms with Crippen molar-refractivity contribution in [1.82, 2.24) is 4.90 Å². The molecule has 104 valence electrons. The molecule has 1 heterocycles. The second-order valence-electron chi connectivity index (χ2n) is 4.85. The van der Waals surface area contributed by atoms with Crippen LogP contribution in [0, 0.1) is 0 Å². The smallest absolute Gasteiger partial charge is 0.323 e. The standard InChI is InChI=1S/C13H23NO4/c1-3-10(2)14(9-13(16)17)12(15)7-6-11-5-4-8-18-11/h10-11H,3-9H2,1-2H3,(H,16,17). The van der Waals surface area contributed by atoms with E-state index in [4.69, 9.17) is 9.84 Å². The lowest BCUT2D eigenvalue weighted by molar-refractivity contribution is -0.146. The number of hydrogen-bond donors (Lipinski definition) is 1. The van der Waals surface area contributed by atoms with Crippen LogP contribution in [0.5, 0.6) is 0 Å². The first-order valence-electron chi connectivity index (χ1n) is 6.67. The highest BCUT2D eigenvalue weighted by Gasteiger charge is 2.23. The van der Waals surface area contributed by atoms with Crippen molar-refractivity contribution in [2.24, 2.45) is 0 Å². The van der Waals surface area contributed by atoms with E-state index in [0.717, 1.165) is 25.9 Å². The first kappa shape index (κ1) is 15.0. The molecule has 2 unspecified atom stereocenters. The van der Waals surface area contributed by atoms with Crippen LogP contribution in [0.3, 0.4) is 0 Å². The molecule has 0 spiro atoms. The Kier molecular flexibility index (Phi) is 6.12. The molecule has 1 aliphatic rings. The van der Waals surface area contributed by atoms with E-state index in [1.54, 1.807) is 0 Å². The van der Waals surface area contributed by atoms with Gasteiger partial charge in [-0.05, 0) is 32.6 Å². The quantitative estimate of drug-likeness (QED) is 0.753. The van der Waals surface area contributed by atoms with Crippen molar-refractivity contribution in [1.29, 1.82) is 0 Å². The third kappa shape index (κ3) is 4.64. The number of hydrogen-bond acceptors (Lipinski definition) is 3. The second kappa shape index (κ2) is 7.36. The number of carbonyl (C=O) groups excluding carboxylic acids is 1. The van der Waals surface area contributed by atoms with E-state index >= 15 is 0 Å². The summed E-state index contributed by atoms with van der Waals surface area (Å²) in [5, 5.41) is 8.84. The first-order valence-corrected chi connectivity index (χ1v) is 6.67. The SMILES string of the molecule is CCC(C)N(CC(=O)O)C(=O)CCC1CCCO1. The maximum absolute atomic E-state index is 12.0. The van der Waals surface area contributed by atoms with E-state index in [1.165, 1.54) is 4.90 Å². The summed E-state index contributed by atoms with van der Waals surface area (Å²) in [5.74, 6) is -1.04. The molecule has 0 bridgehead atoms. The van der Waals surface area contributed by atoms with Crippen LogP contribution >= 0.6 is 0 Å². The molecule has 1 rings (SSSR count). The fraction of sp³-hybridized carbons (Fsp3) is 0.846. The molecule has 1 saturated heterocycles. The fourth-order valence-electron chi connectivity index (χ4n) is 2.16. The van der Waals surface area contributed by atoms with Crippen molar-refractivity contribution in [2.45, 2.75) is 58.1 Å². The van der Waals surface area contributed by atoms with Gasteiger partial charge in [0, 0.05) is 19.1 Å². The number of amides is 1. The summed E-state index contributed by atoms with van der Waals surface area (Å²) in [4.78, 5) is 24.3. The van der Waals surface area contributed by atoms with Gasteiger partial charge in [-0.2, -0.15) is 0 Å². The van der Waals surface area contributed by atoms with Crippen LogP contribution in [0.4, 0.5) is 0 Å². The van der Waals surface area contributed by atoms with Gasteiger partial charge in [-0.15, -0.1) is 0 Å². The Bertz CT molecular complexity index is 287. The second-order valence-corrected chi connectivity index (χ2v) is 4.85. The van der Waals surface area contributed by atoms with Crippen molar-refractivity contribution < 1.29 is 19.4 Å². The van der Waals surface area contributed by atoms with Crippen molar-refractivity contribution in [3.8, 4) is 0 Å². The molecule has 0 aliphatic carbocycles. The van der Waals surface area contributed by atoms with E-state index < -0.39 is 5.97 Å². The zero-order chi connectivity index (χ0) is 13.5. The molecular formula is C13H23NO4. The molecule has 0 aromatic rings. The molecule has 1 amide bonds. The van der Waals surface area contributed by atoms with Crippen LogP contribution in [0.15, 0.2) is 0 Å². The largest absolute Gasteiger partial charge is 0.480 e. The Hall–Kier alpha value is -1.10. The minimum Gasteiger partial charge on any atom is -0.480 e. The van der Waals surface area contributed by atoms with Crippen LogP contribution in [0.25, 0.3) is 0 Å². The summed E-state index contributed by atoms with van der Waals surface area (Å²) in [7, 11) is 0. The zero-order valence-corrected chi connectivity index (χ0v) is 11.2. The molecule has 1 N–H and O–H groups in total. The lowest BCUT2D eigenvalue weighted by atomic mass is 10.1. The minimum atomic E-state index is -0.958. The predicted octanol–water partition coefficient (Wildman–Crippen LogP) is 1.66. The van der Waals surface area contributed by atoms with Crippen LogP contribution in [-0.2, 0) is 14.3 Å². The highest BCUT2D eigenvalue weighted by atomic mass is 16.5. The molecule has 2 atom stereocenters. The van der Waals surface area contributed by atoms with Crippen LogP contribution in [0.2, 0.25) is 0 Å². The Labute approximate surface area is 108 Å². The number of carbonyl (C=O) groups is 2. The molecular weight excluding hydrogens is 234 g/mol. The maximum Gasteiger partial charge on any atom is 0.323 e. The summed E-state index contributed by atoms with van der Waals surface area (Å²) in [6.07, 6.45) is 4.09. The molecule has 0 aromatic heterocycles. The van der Waals surface area contributed by atoms with E-state index in [0.29, 0.717) is 12.8 Å². The summed E-state index contributed by atoms with van der Waals surface area (Å²) < 4.78 is 5.46. The van der Waals surface area contributed by atoms with Gasteiger partial charge in [0.2, 0.25) is 5.91 Å². The molecule has 1 aliphatic heterocycles. The van der Waals surface area contributed by atoms with Gasteiger partial charge >= 0.3 is 5.97 Å². The highest BCUT2D eigenvalue weighted by Crippen LogP contribution is 2.18. The van der Waals surface area contributed by atoms with Crippen molar-refractivity contribution in [2.75, 3.05) is 13.2 Å². The van der Waals surface area contributed by atoms with E-state index in [2.05, 4.69) is 0 Å². The summed E-state index contributed by atoms with van der Waals surface area (Å²) in [6.45, 7) is 4.40. The molecule has 5 nitrogen and oxygen atoms in total. The first-order chi connectivity index (χ1) is 8.54. The number of ether oxygens (including phenoxy) is 1. The monoisotopic (exact) mass is 257 g/mol. The predicted molar refractivity (Wildman–Crippen MR) is 67.3 cm³/mol. The summed E-state index contributed by atoms with van der Waals surface area (Å²) >= 11 is 0. The Morgan fingerprint density at radius 3 is 2.72 bits per heavy atom. The molecule has 0 radical (unpaired) electrons. The Balaban J connectivity index is 2.44. The van der Waals surface area contributed by atoms with Crippen molar-refractivity contribution in [3.63, 3.8) is 0 Å². The number of carboxylic acids is 1. The number of carboxylic acid groups (broad SMARTS) is 1. The molecule has 0 aromatic carbocycles. The van der Waals surface area contributed by atoms with E-state index in [1.807, 2.05) is 13.8 Å². The van der Waals surface area contributed by atoms with Gasteiger partial charge in [0.25, 0.3) is 0 Å². The van der Waals surface area contributed by atoms with E-state index in [9.17, 15) is 9.59 Å². The minimum absolute atomic E-state index is 0.0295. The van der Waals surface area contributed by atoms with Gasteiger partial charge in [0.15, 0.2) is 0 Å². The average molecular weight is 257 g/mol. The van der Waals surface area contributed by atoms with Gasteiger partial charge in [-0.25, -0.2) is 0 Å². The average Bonchev–Trinajstić information content (AvgIpc) is 2.85. The Morgan fingerprint density at radius 2 is 2.22 bits per heavy atom. The third-order valence-corrected chi connectivity index (χ3v) is 3.45. The molecule has 0 saturated carbocycles. The molecule has 5 heteroatoms. The molecule has 1 fully saturated rings. The lowest BCUT2D eigenvalue weighted by Gasteiger charge is -2.27. The number of aliphatic carboxylic acids is 1. The lowest BCUT2D eigenvalue weighted by Crippen LogP contribution is -2.42. The normalized spacial score (nSPS) is 20.7. The van der Waals surface area contributed by atoms with Crippen molar-refractivity contribution >= 4 is 11.9 Å². The summed E-state index contributed by atoms with van der Waals surface area (Å²) in [6, 6.07) is -0.0295. The number of rotatable bonds is 7. The van der Waals surface area contributed by atoms with Gasteiger partial charge in [-0.1, -0.05) is 6.92 Å². The van der Waals surface area contributed by atoms with Crippen LogP contribution < -0.4 is 0 Å². The van der Waals surface area contributed by atoms with Gasteiger partial charge in [0.05, 0.1) is 6.10 Å². The van der Waals surface area contributed by atoms with Gasteiger partial charge < -0.3 is 14.7 Å². The maximum atomic E-state index is 12.0. The van der Waals surface area contributed by atoms with Crippen LogP contribution in [0.1, 0.15) is 46.0 Å². The van der Waals surface area contributed by atoms with Crippen LogP contribution in [-0.4, -0.2) is 47.2 Å². The van der Waals surface area contributed by atoms with Gasteiger partial charge in [0.1, 0.15) is 6.54 Å². The summed E-state index contributed by atoms with van der Waals surface area (Å²) in [5.41, 5.74) is 0. The molecule has 18 heavy (non-hydrogen) atoms. The topological polar surface area (TPSA) is 66.8 Å². The van der Waals surface area contributed by atoms with Crippen molar-refractivity contribution in [3.05, 3.63) is 0 Å². The number of nitrogens with zero attached hydrogens (tertiary/aromatic N) is 1. The van der Waals surface area contributed by atoms with E-state index in [-0.39, 0.29) is 24.6 Å². The highest BCUT2D eigenvalue weighted by molar-refractivity contribution is 5.81.